The SMILES string of the molecule is c1ccc(-c2nc(-c3ccc(-c4ccc(-c5ccc6ccc7cccc8ccc5c6c78)cc4)cc3)cc(-c3ccc(-c4cccnc4)cc3)n2)cc1. The summed E-state index contributed by atoms with van der Waals surface area (Å²) in [5, 5.41) is 7.85. The summed E-state index contributed by atoms with van der Waals surface area (Å²) in [4.78, 5) is 14.3. The van der Waals surface area contributed by atoms with Crippen molar-refractivity contribution >= 4 is 32.3 Å². The molecule has 2 heterocycles. The van der Waals surface area contributed by atoms with Crippen LogP contribution in [0.5, 0.6) is 0 Å². The van der Waals surface area contributed by atoms with Crippen LogP contribution in [0.15, 0.2) is 188 Å². The van der Waals surface area contributed by atoms with Gasteiger partial charge in [-0.25, -0.2) is 9.97 Å². The van der Waals surface area contributed by atoms with Crippen LogP contribution in [0.2, 0.25) is 0 Å². The van der Waals surface area contributed by atoms with Crippen LogP contribution in [0.1, 0.15) is 0 Å². The molecule has 10 rings (SSSR count). The van der Waals surface area contributed by atoms with Gasteiger partial charge in [0, 0.05) is 29.1 Å². The molecule has 52 heavy (non-hydrogen) atoms. The van der Waals surface area contributed by atoms with E-state index in [0.29, 0.717) is 5.82 Å². The predicted octanol–water partition coefficient (Wildman–Crippen LogP) is 12.8. The zero-order valence-electron chi connectivity index (χ0n) is 28.2. The summed E-state index contributed by atoms with van der Waals surface area (Å²) in [6.45, 7) is 0. The summed E-state index contributed by atoms with van der Waals surface area (Å²) in [7, 11) is 0. The monoisotopic (exact) mass is 661 g/mol. The van der Waals surface area contributed by atoms with Crippen LogP contribution in [-0.4, -0.2) is 15.0 Å². The largest absolute Gasteiger partial charge is 0.264 e. The molecule has 0 saturated heterocycles. The fraction of sp³-hybridized carbons (Fsp3) is 0. The topological polar surface area (TPSA) is 38.7 Å². The minimum Gasteiger partial charge on any atom is -0.264 e. The second-order valence-corrected chi connectivity index (χ2v) is 13.3. The van der Waals surface area contributed by atoms with Crippen LogP contribution in [0.25, 0.3) is 99.6 Å². The van der Waals surface area contributed by atoms with E-state index in [1.807, 2.05) is 30.5 Å². The second kappa shape index (κ2) is 12.4. The molecule has 0 unspecified atom stereocenters. The minimum atomic E-state index is 0.705. The number of benzene rings is 8. The third-order valence-electron chi connectivity index (χ3n) is 10.2. The fourth-order valence-corrected chi connectivity index (χ4v) is 7.49. The van der Waals surface area contributed by atoms with Crippen LogP contribution >= 0.6 is 0 Å². The van der Waals surface area contributed by atoms with Crippen LogP contribution in [-0.2, 0) is 0 Å². The molecule has 0 bridgehead atoms. The number of rotatable bonds is 6. The quantitative estimate of drug-likeness (QED) is 0.166. The normalized spacial score (nSPS) is 11.5. The summed E-state index contributed by atoms with van der Waals surface area (Å²) in [6.07, 6.45) is 3.68. The van der Waals surface area contributed by atoms with Crippen molar-refractivity contribution in [2.45, 2.75) is 0 Å². The zero-order chi connectivity index (χ0) is 34.4. The van der Waals surface area contributed by atoms with Crippen LogP contribution in [0.3, 0.4) is 0 Å². The average molecular weight is 662 g/mol. The molecule has 2 aromatic heterocycles. The summed E-state index contributed by atoms with van der Waals surface area (Å²) in [6, 6.07) is 62.6. The van der Waals surface area contributed by atoms with E-state index in [9.17, 15) is 0 Å². The average Bonchev–Trinajstić information content (AvgIpc) is 3.23. The molecule has 0 fully saturated rings. The van der Waals surface area contributed by atoms with Gasteiger partial charge in [-0.1, -0.05) is 164 Å². The molecule has 10 aromatic rings. The lowest BCUT2D eigenvalue weighted by molar-refractivity contribution is 1.18. The Morgan fingerprint density at radius 2 is 0.846 bits per heavy atom. The highest BCUT2D eigenvalue weighted by Crippen LogP contribution is 2.40. The first-order chi connectivity index (χ1) is 25.7. The highest BCUT2D eigenvalue weighted by Gasteiger charge is 2.14. The van der Waals surface area contributed by atoms with Crippen molar-refractivity contribution in [1.82, 2.24) is 15.0 Å². The zero-order valence-corrected chi connectivity index (χ0v) is 28.2. The van der Waals surface area contributed by atoms with Crippen molar-refractivity contribution in [1.29, 1.82) is 0 Å². The Labute approximate surface area is 301 Å². The van der Waals surface area contributed by atoms with Gasteiger partial charge in [0.2, 0.25) is 0 Å². The lowest BCUT2D eigenvalue weighted by Crippen LogP contribution is -1.96. The van der Waals surface area contributed by atoms with Gasteiger partial charge in [-0.2, -0.15) is 0 Å². The van der Waals surface area contributed by atoms with Gasteiger partial charge in [-0.3, -0.25) is 4.98 Å². The second-order valence-electron chi connectivity index (χ2n) is 13.3. The predicted molar refractivity (Wildman–Crippen MR) is 216 cm³/mol. The van der Waals surface area contributed by atoms with Crippen molar-refractivity contribution in [3.05, 3.63) is 188 Å². The lowest BCUT2D eigenvalue weighted by atomic mass is 9.89. The van der Waals surface area contributed by atoms with Crippen molar-refractivity contribution in [3.8, 4) is 67.3 Å². The smallest absolute Gasteiger partial charge is 0.160 e. The first kappa shape index (κ1) is 29.9. The molecule has 0 radical (unpaired) electrons. The Morgan fingerprint density at radius 1 is 0.327 bits per heavy atom. The van der Waals surface area contributed by atoms with Crippen molar-refractivity contribution in [2.24, 2.45) is 0 Å². The molecule has 0 aliphatic heterocycles. The van der Waals surface area contributed by atoms with E-state index >= 15 is 0 Å². The van der Waals surface area contributed by atoms with E-state index in [1.54, 1.807) is 6.20 Å². The number of nitrogens with zero attached hydrogens (tertiary/aromatic N) is 3. The summed E-state index contributed by atoms with van der Waals surface area (Å²) in [5.74, 6) is 0.705. The van der Waals surface area contributed by atoms with Gasteiger partial charge in [0.15, 0.2) is 5.82 Å². The van der Waals surface area contributed by atoms with Gasteiger partial charge < -0.3 is 0 Å². The third-order valence-corrected chi connectivity index (χ3v) is 10.2. The van der Waals surface area contributed by atoms with Crippen molar-refractivity contribution < 1.29 is 0 Å². The Kier molecular flexibility index (Phi) is 7.14. The molecule has 0 saturated carbocycles. The number of hydrogen-bond donors (Lipinski definition) is 0. The van der Waals surface area contributed by atoms with E-state index in [4.69, 9.17) is 9.97 Å². The van der Waals surface area contributed by atoms with Crippen molar-refractivity contribution in [2.75, 3.05) is 0 Å². The molecule has 8 aromatic carbocycles. The Balaban J connectivity index is 0.976. The molecule has 0 aliphatic rings. The van der Waals surface area contributed by atoms with Crippen LogP contribution in [0.4, 0.5) is 0 Å². The third kappa shape index (κ3) is 5.28. The Morgan fingerprint density at radius 3 is 1.46 bits per heavy atom. The van der Waals surface area contributed by atoms with E-state index in [1.165, 1.54) is 49.0 Å². The highest BCUT2D eigenvalue weighted by molar-refractivity contribution is 6.25. The molecule has 0 amide bonds. The summed E-state index contributed by atoms with van der Waals surface area (Å²) < 4.78 is 0. The van der Waals surface area contributed by atoms with E-state index in [0.717, 1.165) is 44.8 Å². The first-order valence-corrected chi connectivity index (χ1v) is 17.6. The molecule has 242 valence electrons. The molecule has 0 spiro atoms. The van der Waals surface area contributed by atoms with E-state index < -0.39 is 0 Å². The van der Waals surface area contributed by atoms with E-state index in [2.05, 4.69) is 157 Å². The highest BCUT2D eigenvalue weighted by atomic mass is 14.9. The summed E-state index contributed by atoms with van der Waals surface area (Å²) in [5.41, 5.74) is 11.9. The molecule has 0 atom stereocenters. The maximum atomic E-state index is 5.05. The Hall–Kier alpha value is -6.97. The fourth-order valence-electron chi connectivity index (χ4n) is 7.49. The van der Waals surface area contributed by atoms with E-state index in [-0.39, 0.29) is 0 Å². The molecule has 0 aliphatic carbocycles. The molecular weight excluding hydrogens is 631 g/mol. The molecule has 3 nitrogen and oxygen atoms in total. The van der Waals surface area contributed by atoms with Gasteiger partial charge in [-0.15, -0.1) is 0 Å². The van der Waals surface area contributed by atoms with Gasteiger partial charge in [0.05, 0.1) is 11.4 Å². The van der Waals surface area contributed by atoms with Gasteiger partial charge in [-0.05, 0) is 77.8 Å². The number of aromatic nitrogens is 3. The maximum absolute atomic E-state index is 5.05. The molecule has 3 heteroatoms. The maximum Gasteiger partial charge on any atom is 0.160 e. The first-order valence-electron chi connectivity index (χ1n) is 17.6. The molecular formula is C49H31N3. The van der Waals surface area contributed by atoms with Crippen LogP contribution < -0.4 is 0 Å². The lowest BCUT2D eigenvalue weighted by Gasteiger charge is -2.14. The number of pyridine rings is 1. The molecule has 0 N–H and O–H groups in total. The number of hydrogen-bond acceptors (Lipinski definition) is 3. The van der Waals surface area contributed by atoms with Crippen molar-refractivity contribution in [3.63, 3.8) is 0 Å². The minimum absolute atomic E-state index is 0.705. The van der Waals surface area contributed by atoms with Gasteiger partial charge in [0.1, 0.15) is 0 Å². The summed E-state index contributed by atoms with van der Waals surface area (Å²) >= 11 is 0. The van der Waals surface area contributed by atoms with Crippen LogP contribution in [0, 0.1) is 0 Å². The standard InChI is InChI=1S/C49H31N3/c1-2-6-41(7-3-1)49-51-45(30-46(52-49)37-21-15-34(16-22-37)42-10-5-29-50-31-42)36-19-13-33(14-20-36)32-11-17-35(18-12-32)43-27-25-40-24-23-38-8-4-9-39-26-28-44(43)48(40)47(38)39/h1-31H. The van der Waals surface area contributed by atoms with Gasteiger partial charge >= 0.3 is 0 Å². The van der Waals surface area contributed by atoms with Gasteiger partial charge in [0.25, 0.3) is 0 Å². The Bertz CT molecular complexity index is 2830.